The SMILES string of the molecule is CC(C)CC1(CNC(=O)CC2COCCN2)CCC1. The summed E-state index contributed by atoms with van der Waals surface area (Å²) >= 11 is 0. The van der Waals surface area contributed by atoms with E-state index in [1.165, 1.54) is 25.7 Å². The molecule has 2 fully saturated rings. The molecule has 4 heteroatoms. The molecular formula is C15H28N2O2. The van der Waals surface area contributed by atoms with E-state index in [2.05, 4.69) is 24.5 Å². The van der Waals surface area contributed by atoms with Gasteiger partial charge in [0.05, 0.1) is 13.2 Å². The molecule has 0 aromatic carbocycles. The summed E-state index contributed by atoms with van der Waals surface area (Å²) in [4.78, 5) is 12.0. The molecular weight excluding hydrogens is 240 g/mol. The fraction of sp³-hybridized carbons (Fsp3) is 0.933. The van der Waals surface area contributed by atoms with Gasteiger partial charge in [0.1, 0.15) is 0 Å². The lowest BCUT2D eigenvalue weighted by Gasteiger charge is -2.43. The second-order valence-electron chi connectivity index (χ2n) is 6.66. The van der Waals surface area contributed by atoms with Crippen molar-refractivity contribution in [3.8, 4) is 0 Å². The molecule has 1 unspecified atom stereocenters. The third-order valence-corrected chi connectivity index (χ3v) is 4.35. The molecule has 2 N–H and O–H groups in total. The number of nitrogens with one attached hydrogen (secondary N) is 2. The van der Waals surface area contributed by atoms with Gasteiger partial charge in [-0.1, -0.05) is 20.3 Å². The summed E-state index contributed by atoms with van der Waals surface area (Å²) in [7, 11) is 0. The van der Waals surface area contributed by atoms with Crippen molar-refractivity contribution in [3.05, 3.63) is 0 Å². The summed E-state index contributed by atoms with van der Waals surface area (Å²) in [6.45, 7) is 7.67. The Morgan fingerprint density at radius 3 is 2.79 bits per heavy atom. The maximum atomic E-state index is 12.0. The van der Waals surface area contributed by atoms with E-state index in [1.54, 1.807) is 0 Å². The van der Waals surface area contributed by atoms with Gasteiger partial charge in [-0.25, -0.2) is 0 Å². The van der Waals surface area contributed by atoms with E-state index in [4.69, 9.17) is 4.74 Å². The third-order valence-electron chi connectivity index (χ3n) is 4.35. The maximum absolute atomic E-state index is 12.0. The number of rotatable bonds is 6. The zero-order valence-electron chi connectivity index (χ0n) is 12.3. The fourth-order valence-electron chi connectivity index (χ4n) is 3.33. The monoisotopic (exact) mass is 268 g/mol. The van der Waals surface area contributed by atoms with Gasteiger partial charge in [-0.05, 0) is 30.6 Å². The van der Waals surface area contributed by atoms with Crippen LogP contribution in [0.1, 0.15) is 46.0 Å². The molecule has 0 aromatic rings. The Morgan fingerprint density at radius 1 is 1.47 bits per heavy atom. The third kappa shape index (κ3) is 4.46. The second-order valence-corrected chi connectivity index (χ2v) is 6.66. The number of hydrogen-bond donors (Lipinski definition) is 2. The predicted octanol–water partition coefficient (Wildman–Crippen LogP) is 1.70. The van der Waals surface area contributed by atoms with E-state index in [9.17, 15) is 4.79 Å². The molecule has 19 heavy (non-hydrogen) atoms. The molecule has 1 amide bonds. The Bertz CT molecular complexity index is 295. The largest absolute Gasteiger partial charge is 0.378 e. The lowest BCUT2D eigenvalue weighted by atomic mass is 9.64. The van der Waals surface area contributed by atoms with Gasteiger partial charge in [0.2, 0.25) is 5.91 Å². The minimum atomic E-state index is 0.165. The Kier molecular flexibility index (Phi) is 5.22. The zero-order chi connectivity index (χ0) is 13.7. The normalized spacial score (nSPS) is 25.9. The molecule has 4 nitrogen and oxygen atoms in total. The van der Waals surface area contributed by atoms with Crippen LogP contribution in [0.25, 0.3) is 0 Å². The molecule has 110 valence electrons. The maximum Gasteiger partial charge on any atom is 0.221 e. The summed E-state index contributed by atoms with van der Waals surface area (Å²) in [6.07, 6.45) is 5.64. The van der Waals surface area contributed by atoms with Crippen molar-refractivity contribution in [1.29, 1.82) is 0 Å². The quantitative estimate of drug-likeness (QED) is 0.771. The van der Waals surface area contributed by atoms with Gasteiger partial charge >= 0.3 is 0 Å². The van der Waals surface area contributed by atoms with E-state index in [1.807, 2.05) is 0 Å². The van der Waals surface area contributed by atoms with Crippen LogP contribution in [-0.2, 0) is 9.53 Å². The van der Waals surface area contributed by atoms with Gasteiger partial charge in [-0.3, -0.25) is 4.79 Å². The smallest absolute Gasteiger partial charge is 0.221 e. The van der Waals surface area contributed by atoms with Crippen LogP contribution >= 0.6 is 0 Å². The van der Waals surface area contributed by atoms with Gasteiger partial charge in [-0.15, -0.1) is 0 Å². The minimum absolute atomic E-state index is 0.165. The topological polar surface area (TPSA) is 50.4 Å². The van der Waals surface area contributed by atoms with Crippen LogP contribution in [-0.4, -0.2) is 38.3 Å². The standard InChI is InChI=1S/C15H28N2O2/c1-12(2)9-15(4-3-5-15)11-17-14(18)8-13-10-19-7-6-16-13/h12-13,16H,3-11H2,1-2H3,(H,17,18). The summed E-state index contributed by atoms with van der Waals surface area (Å²) in [5.74, 6) is 0.878. The number of morpholine rings is 1. The summed E-state index contributed by atoms with van der Waals surface area (Å²) in [5.41, 5.74) is 0.389. The summed E-state index contributed by atoms with van der Waals surface area (Å²) in [6, 6.07) is 0.191. The lowest BCUT2D eigenvalue weighted by molar-refractivity contribution is -0.123. The highest BCUT2D eigenvalue weighted by Crippen LogP contribution is 2.45. The Hall–Kier alpha value is -0.610. The van der Waals surface area contributed by atoms with Gasteiger partial charge in [-0.2, -0.15) is 0 Å². The lowest BCUT2D eigenvalue weighted by Crippen LogP contribution is -2.47. The average molecular weight is 268 g/mol. The first kappa shape index (κ1) is 14.8. The molecule has 1 aliphatic heterocycles. The number of ether oxygens (including phenoxy) is 1. The van der Waals surface area contributed by atoms with Crippen molar-refractivity contribution in [2.45, 2.75) is 52.0 Å². The van der Waals surface area contributed by atoms with Crippen LogP contribution in [0.4, 0.5) is 0 Å². The highest BCUT2D eigenvalue weighted by atomic mass is 16.5. The molecule has 0 bridgehead atoms. The number of hydrogen-bond acceptors (Lipinski definition) is 3. The highest BCUT2D eigenvalue weighted by Gasteiger charge is 2.37. The summed E-state index contributed by atoms with van der Waals surface area (Å²) < 4.78 is 5.37. The van der Waals surface area contributed by atoms with Crippen LogP contribution in [0.5, 0.6) is 0 Å². The Labute approximate surface area is 116 Å². The first-order valence-corrected chi connectivity index (χ1v) is 7.67. The molecule has 2 aliphatic rings. The van der Waals surface area contributed by atoms with Gasteiger partial charge in [0.15, 0.2) is 0 Å². The van der Waals surface area contributed by atoms with Crippen LogP contribution in [0.15, 0.2) is 0 Å². The van der Waals surface area contributed by atoms with E-state index >= 15 is 0 Å². The zero-order valence-corrected chi connectivity index (χ0v) is 12.3. The molecule has 0 spiro atoms. The van der Waals surface area contributed by atoms with Gasteiger partial charge in [0, 0.05) is 25.6 Å². The van der Waals surface area contributed by atoms with Crippen molar-refractivity contribution in [3.63, 3.8) is 0 Å². The molecule has 1 atom stereocenters. The molecule has 0 aromatic heterocycles. The molecule has 1 saturated heterocycles. The van der Waals surface area contributed by atoms with Crippen molar-refractivity contribution in [1.82, 2.24) is 10.6 Å². The van der Waals surface area contributed by atoms with E-state index in [-0.39, 0.29) is 11.9 Å². The summed E-state index contributed by atoms with van der Waals surface area (Å²) in [5, 5.41) is 6.47. The van der Waals surface area contributed by atoms with Crippen molar-refractivity contribution >= 4 is 5.91 Å². The van der Waals surface area contributed by atoms with Crippen LogP contribution < -0.4 is 10.6 Å². The number of amides is 1. The Balaban J connectivity index is 1.70. The average Bonchev–Trinajstić information content (AvgIpc) is 2.33. The number of carbonyl (C=O) groups is 1. The van der Waals surface area contributed by atoms with Gasteiger partial charge in [0.25, 0.3) is 0 Å². The fourth-order valence-corrected chi connectivity index (χ4v) is 3.33. The molecule has 1 aliphatic carbocycles. The highest BCUT2D eigenvalue weighted by molar-refractivity contribution is 5.76. The minimum Gasteiger partial charge on any atom is -0.378 e. The first-order valence-electron chi connectivity index (χ1n) is 7.67. The first-order chi connectivity index (χ1) is 9.10. The molecule has 0 radical (unpaired) electrons. The van der Waals surface area contributed by atoms with Gasteiger partial charge < -0.3 is 15.4 Å². The Morgan fingerprint density at radius 2 is 2.26 bits per heavy atom. The van der Waals surface area contributed by atoms with Crippen molar-refractivity contribution in [2.75, 3.05) is 26.3 Å². The van der Waals surface area contributed by atoms with E-state index < -0.39 is 0 Å². The molecule has 2 rings (SSSR count). The second kappa shape index (κ2) is 6.71. The van der Waals surface area contributed by atoms with Crippen LogP contribution in [0, 0.1) is 11.3 Å². The van der Waals surface area contributed by atoms with Crippen LogP contribution in [0.3, 0.4) is 0 Å². The van der Waals surface area contributed by atoms with E-state index in [0.717, 1.165) is 19.7 Å². The van der Waals surface area contributed by atoms with Crippen molar-refractivity contribution < 1.29 is 9.53 Å². The van der Waals surface area contributed by atoms with Crippen LogP contribution in [0.2, 0.25) is 0 Å². The van der Waals surface area contributed by atoms with Crippen molar-refractivity contribution in [2.24, 2.45) is 11.3 Å². The molecule has 1 heterocycles. The van der Waals surface area contributed by atoms with E-state index in [0.29, 0.717) is 24.4 Å². The number of carbonyl (C=O) groups excluding carboxylic acids is 1. The molecule has 1 saturated carbocycles. The predicted molar refractivity (Wildman–Crippen MR) is 76.0 cm³/mol.